The molecule has 1 aromatic rings. The molecule has 0 aromatic heterocycles. The third kappa shape index (κ3) is 3.90. The Morgan fingerprint density at radius 2 is 2.05 bits per heavy atom. The molecule has 0 spiro atoms. The molecule has 0 amide bonds. The van der Waals surface area contributed by atoms with Crippen LogP contribution in [0.5, 0.6) is 0 Å². The Balaban J connectivity index is 2.22. The van der Waals surface area contributed by atoms with Gasteiger partial charge in [0.05, 0.1) is 9.82 Å². The first-order valence-corrected chi connectivity index (χ1v) is 7.97. The summed E-state index contributed by atoms with van der Waals surface area (Å²) in [6.07, 6.45) is 2.59. The minimum absolute atomic E-state index is 0.00112. The van der Waals surface area contributed by atoms with Gasteiger partial charge in [-0.05, 0) is 30.7 Å². The molecule has 1 saturated carbocycles. The van der Waals surface area contributed by atoms with Gasteiger partial charge in [-0.2, -0.15) is 0 Å². The van der Waals surface area contributed by atoms with Crippen LogP contribution >= 0.6 is 0 Å². The van der Waals surface area contributed by atoms with E-state index in [4.69, 9.17) is 10.2 Å². The molecule has 1 aliphatic rings. The van der Waals surface area contributed by atoms with Crippen LogP contribution in [-0.2, 0) is 10.0 Å². The summed E-state index contributed by atoms with van der Waals surface area (Å²) in [6.45, 7) is 0.609. The first-order valence-electron chi connectivity index (χ1n) is 6.43. The molecule has 9 heteroatoms. The number of nitrogens with one attached hydrogen (secondary N) is 1. The molecule has 2 rings (SSSR count). The molecule has 1 aromatic carbocycles. The molecule has 0 unspecified atom stereocenters. The fourth-order valence-corrected chi connectivity index (χ4v) is 2.75. The second-order valence-electron chi connectivity index (χ2n) is 5.34. The van der Waals surface area contributed by atoms with Crippen LogP contribution in [0.4, 0.5) is 11.4 Å². The number of hydrogen-bond donors (Lipinski definition) is 3. The Bertz CT molecular complexity index is 655. The van der Waals surface area contributed by atoms with Gasteiger partial charge in [0.15, 0.2) is 0 Å². The molecule has 0 radical (unpaired) electrons. The lowest BCUT2D eigenvalue weighted by Gasteiger charge is -2.15. The highest BCUT2D eigenvalue weighted by atomic mass is 32.2. The lowest BCUT2D eigenvalue weighted by molar-refractivity contribution is -0.385. The molecule has 8 nitrogen and oxygen atoms in total. The standard InChI is InChI=1S/C12H17N3O5S/c13-21(19,20)11-6-9(5-10(7-11)15(17)18)14-8-12(1-2-12)3-4-16/h5-7,14,16H,1-4,8H2,(H2,13,19,20). The van der Waals surface area contributed by atoms with Gasteiger partial charge in [0.1, 0.15) is 0 Å². The quantitative estimate of drug-likeness (QED) is 0.503. The average molecular weight is 315 g/mol. The summed E-state index contributed by atoms with van der Waals surface area (Å²) in [5.41, 5.74) is -0.00493. The van der Waals surface area contributed by atoms with E-state index in [0.717, 1.165) is 18.9 Å². The topological polar surface area (TPSA) is 136 Å². The number of sulfonamides is 1. The predicted octanol–water partition coefficient (Wildman–Crippen LogP) is 0.817. The van der Waals surface area contributed by atoms with E-state index in [1.54, 1.807) is 0 Å². The van der Waals surface area contributed by atoms with Gasteiger partial charge in [0.2, 0.25) is 10.0 Å². The fraction of sp³-hybridized carbons (Fsp3) is 0.500. The van der Waals surface area contributed by atoms with E-state index >= 15 is 0 Å². The van der Waals surface area contributed by atoms with Crippen LogP contribution in [0.25, 0.3) is 0 Å². The molecule has 0 heterocycles. The monoisotopic (exact) mass is 315 g/mol. The van der Waals surface area contributed by atoms with Crippen LogP contribution in [0.1, 0.15) is 19.3 Å². The van der Waals surface area contributed by atoms with Crippen LogP contribution in [-0.4, -0.2) is 31.6 Å². The Hall–Kier alpha value is -1.71. The van der Waals surface area contributed by atoms with Gasteiger partial charge < -0.3 is 10.4 Å². The highest BCUT2D eigenvalue weighted by molar-refractivity contribution is 7.89. The maximum Gasteiger partial charge on any atom is 0.272 e. The third-order valence-corrected chi connectivity index (χ3v) is 4.59. The number of primary sulfonamides is 1. The van der Waals surface area contributed by atoms with Crippen molar-refractivity contribution in [2.75, 3.05) is 18.5 Å². The molecular weight excluding hydrogens is 298 g/mol. The number of nitrogens with two attached hydrogens (primary N) is 1. The summed E-state index contributed by atoms with van der Waals surface area (Å²) < 4.78 is 22.7. The van der Waals surface area contributed by atoms with E-state index < -0.39 is 14.9 Å². The van der Waals surface area contributed by atoms with E-state index in [0.29, 0.717) is 18.7 Å². The fourth-order valence-electron chi connectivity index (χ4n) is 2.17. The molecule has 21 heavy (non-hydrogen) atoms. The minimum Gasteiger partial charge on any atom is -0.396 e. The van der Waals surface area contributed by atoms with Gasteiger partial charge in [-0.1, -0.05) is 0 Å². The predicted molar refractivity (Wildman–Crippen MR) is 76.3 cm³/mol. The maximum absolute atomic E-state index is 11.4. The number of aliphatic hydroxyl groups excluding tert-OH is 1. The number of nitro groups is 1. The van der Waals surface area contributed by atoms with E-state index in [-0.39, 0.29) is 22.6 Å². The summed E-state index contributed by atoms with van der Waals surface area (Å²) in [5.74, 6) is 0. The zero-order valence-corrected chi connectivity index (χ0v) is 12.1. The molecule has 116 valence electrons. The van der Waals surface area contributed by atoms with Crippen molar-refractivity contribution >= 4 is 21.4 Å². The second kappa shape index (κ2) is 5.58. The Morgan fingerprint density at radius 3 is 2.52 bits per heavy atom. The summed E-state index contributed by atoms with van der Waals surface area (Å²) in [5, 5.41) is 27.9. The Labute approximate surface area is 122 Å². The number of benzene rings is 1. The molecule has 1 fully saturated rings. The van der Waals surface area contributed by atoms with Crippen LogP contribution in [0, 0.1) is 15.5 Å². The molecule has 0 atom stereocenters. The van der Waals surface area contributed by atoms with Crippen molar-refractivity contribution in [3.05, 3.63) is 28.3 Å². The van der Waals surface area contributed by atoms with E-state index in [1.165, 1.54) is 12.1 Å². The number of aliphatic hydroxyl groups is 1. The zero-order valence-electron chi connectivity index (χ0n) is 11.3. The molecule has 0 bridgehead atoms. The highest BCUT2D eigenvalue weighted by Gasteiger charge is 2.41. The van der Waals surface area contributed by atoms with Gasteiger partial charge in [-0.15, -0.1) is 0 Å². The van der Waals surface area contributed by atoms with Crippen molar-refractivity contribution in [3.63, 3.8) is 0 Å². The normalized spacial score (nSPS) is 16.5. The van der Waals surface area contributed by atoms with Crippen molar-refractivity contribution in [1.29, 1.82) is 0 Å². The summed E-state index contributed by atoms with van der Waals surface area (Å²) in [7, 11) is -4.01. The SMILES string of the molecule is NS(=O)(=O)c1cc(NCC2(CCO)CC2)cc([N+](=O)[O-])c1. The molecule has 4 N–H and O–H groups in total. The number of nitro benzene ring substituents is 1. The van der Waals surface area contributed by atoms with Gasteiger partial charge in [-0.3, -0.25) is 10.1 Å². The number of nitrogens with zero attached hydrogens (tertiary/aromatic N) is 1. The summed E-state index contributed by atoms with van der Waals surface area (Å²) >= 11 is 0. The van der Waals surface area contributed by atoms with Gasteiger partial charge in [-0.25, -0.2) is 13.6 Å². The van der Waals surface area contributed by atoms with E-state index in [9.17, 15) is 18.5 Å². The van der Waals surface area contributed by atoms with Crippen molar-refractivity contribution in [2.45, 2.75) is 24.2 Å². The lowest BCUT2D eigenvalue weighted by Crippen LogP contribution is -2.18. The number of hydrogen-bond acceptors (Lipinski definition) is 6. The van der Waals surface area contributed by atoms with E-state index in [2.05, 4.69) is 5.32 Å². The Kier molecular flexibility index (Phi) is 4.17. The Morgan fingerprint density at radius 1 is 1.38 bits per heavy atom. The van der Waals surface area contributed by atoms with Crippen molar-refractivity contribution in [3.8, 4) is 0 Å². The van der Waals surface area contributed by atoms with Crippen molar-refractivity contribution in [2.24, 2.45) is 10.6 Å². The number of anilines is 1. The number of non-ortho nitro benzene ring substituents is 1. The first-order chi connectivity index (χ1) is 9.76. The first kappa shape index (κ1) is 15.7. The van der Waals surface area contributed by atoms with Gasteiger partial charge in [0, 0.05) is 31.0 Å². The zero-order chi connectivity index (χ0) is 15.7. The van der Waals surface area contributed by atoms with Crippen LogP contribution in [0.3, 0.4) is 0 Å². The highest BCUT2D eigenvalue weighted by Crippen LogP contribution is 2.48. The smallest absolute Gasteiger partial charge is 0.272 e. The maximum atomic E-state index is 11.4. The van der Waals surface area contributed by atoms with Gasteiger partial charge >= 0.3 is 0 Å². The summed E-state index contributed by atoms with van der Waals surface area (Å²) in [6, 6.07) is 3.47. The van der Waals surface area contributed by atoms with Crippen molar-refractivity contribution < 1.29 is 18.4 Å². The van der Waals surface area contributed by atoms with Gasteiger partial charge in [0.25, 0.3) is 5.69 Å². The molecule has 0 aliphatic heterocycles. The van der Waals surface area contributed by atoms with Crippen LogP contribution < -0.4 is 10.5 Å². The van der Waals surface area contributed by atoms with Crippen LogP contribution in [0.15, 0.2) is 23.1 Å². The molecule has 0 saturated heterocycles. The van der Waals surface area contributed by atoms with Crippen LogP contribution in [0.2, 0.25) is 0 Å². The molecular formula is C12H17N3O5S. The third-order valence-electron chi connectivity index (χ3n) is 3.70. The second-order valence-corrected chi connectivity index (χ2v) is 6.91. The van der Waals surface area contributed by atoms with Crippen molar-refractivity contribution in [1.82, 2.24) is 0 Å². The minimum atomic E-state index is -4.01. The summed E-state index contributed by atoms with van der Waals surface area (Å²) in [4.78, 5) is 9.89. The largest absolute Gasteiger partial charge is 0.396 e. The lowest BCUT2D eigenvalue weighted by atomic mass is 10.0. The number of rotatable bonds is 7. The van der Waals surface area contributed by atoms with E-state index in [1.807, 2.05) is 0 Å². The average Bonchev–Trinajstić information content (AvgIpc) is 3.16. The molecule has 1 aliphatic carbocycles.